The third kappa shape index (κ3) is 6.12. The van der Waals surface area contributed by atoms with Crippen LogP contribution in [0.15, 0.2) is 32.7 Å². The average Bonchev–Trinajstić information content (AvgIpc) is 3.08. The van der Waals surface area contributed by atoms with Crippen LogP contribution in [0.25, 0.3) is 21.9 Å². The summed E-state index contributed by atoms with van der Waals surface area (Å²) < 4.78 is 15.8. The third-order valence-electron chi connectivity index (χ3n) is 7.90. The molecule has 214 valence electrons. The lowest BCUT2D eigenvalue weighted by Crippen LogP contribution is -2.26. The van der Waals surface area contributed by atoms with Gasteiger partial charge in [0.1, 0.15) is 11.2 Å². The van der Waals surface area contributed by atoms with E-state index < -0.39 is 8.16 Å². The Hall–Kier alpha value is -2.19. The van der Waals surface area contributed by atoms with E-state index in [9.17, 15) is 4.79 Å². The molecule has 2 aromatic carbocycles. The second kappa shape index (κ2) is 10.0. The molecule has 0 saturated carbocycles. The lowest BCUT2D eigenvalue weighted by atomic mass is 9.77. The fraction of sp³-hybridized carbons (Fsp3) is 0.618. The highest BCUT2D eigenvalue weighted by Crippen LogP contribution is 2.46. The lowest BCUT2D eigenvalue weighted by molar-refractivity contribution is -0.117. The zero-order valence-corrected chi connectivity index (χ0v) is 27.4. The zero-order valence-electron chi connectivity index (χ0n) is 26.5. The van der Waals surface area contributed by atoms with Crippen LogP contribution >= 0.6 is 8.16 Å². The summed E-state index contributed by atoms with van der Waals surface area (Å²) in [5.74, 6) is 0.135. The minimum Gasteiger partial charge on any atom is -0.403 e. The molecule has 4 rings (SSSR count). The van der Waals surface area contributed by atoms with Gasteiger partial charge in [0, 0.05) is 34.9 Å². The molecule has 39 heavy (non-hydrogen) atoms. The molecule has 1 saturated heterocycles. The van der Waals surface area contributed by atoms with Crippen molar-refractivity contribution < 1.29 is 13.2 Å². The zero-order chi connectivity index (χ0) is 29.1. The van der Waals surface area contributed by atoms with E-state index in [4.69, 9.17) is 8.39 Å². The standard InChI is InChI=1S/C34H50NO3P/c1-31(2,3)22-18-24-25-19-23(32(4,5)6)21-27(34(10,11)12)30(25)38-39(35-17-15-13-14-16-28(35)36)37-29(24)26(20-22)33(7,8)9/h18-21H,13-17H2,1-12H3. The molecule has 0 spiro atoms. The molecule has 0 atom stereocenters. The van der Waals surface area contributed by atoms with Crippen LogP contribution in [0, 0.1) is 0 Å². The predicted octanol–water partition coefficient (Wildman–Crippen LogP) is 10.5. The van der Waals surface area contributed by atoms with Crippen LogP contribution in [0.1, 0.15) is 131 Å². The van der Waals surface area contributed by atoms with Gasteiger partial charge in [0.25, 0.3) is 0 Å². The van der Waals surface area contributed by atoms with Crippen LogP contribution in [-0.2, 0) is 26.5 Å². The van der Waals surface area contributed by atoms with E-state index in [2.05, 4.69) is 107 Å². The van der Waals surface area contributed by atoms with E-state index >= 15 is 0 Å². The number of nitrogens with zero attached hydrogens (tertiary/aromatic N) is 1. The molecule has 0 aliphatic carbocycles. The molecule has 0 radical (unpaired) electrons. The SMILES string of the molecule is CC(C)(C)c1cc(C(C)(C)C)c2op(N3CCCCCC3=O)oc3c(C(C)(C)C)cc(C(C)(C)C)cc3c2c1. The maximum atomic E-state index is 13.4. The van der Waals surface area contributed by atoms with Gasteiger partial charge in [0.2, 0.25) is 5.91 Å². The Labute approximate surface area is 237 Å². The second-order valence-electron chi connectivity index (χ2n) is 15.5. The van der Waals surface area contributed by atoms with E-state index in [1.54, 1.807) is 0 Å². The van der Waals surface area contributed by atoms with Crippen LogP contribution in [0.5, 0.6) is 0 Å². The summed E-state index contributed by atoms with van der Waals surface area (Å²) in [5, 5.41) is 2.15. The van der Waals surface area contributed by atoms with Crippen molar-refractivity contribution in [3.8, 4) is 0 Å². The third-order valence-corrected chi connectivity index (χ3v) is 9.40. The van der Waals surface area contributed by atoms with Gasteiger partial charge in [-0.25, -0.2) is 4.67 Å². The van der Waals surface area contributed by atoms with Crippen molar-refractivity contribution in [1.29, 1.82) is 0 Å². The van der Waals surface area contributed by atoms with Gasteiger partial charge in [-0.05, 0) is 57.8 Å². The van der Waals surface area contributed by atoms with Crippen LogP contribution in [-0.4, -0.2) is 12.5 Å². The predicted molar refractivity (Wildman–Crippen MR) is 168 cm³/mol. The Bertz CT molecular complexity index is 1340. The van der Waals surface area contributed by atoms with Crippen molar-refractivity contribution in [2.24, 2.45) is 0 Å². The average molecular weight is 552 g/mol. The molecule has 0 bridgehead atoms. The van der Waals surface area contributed by atoms with Gasteiger partial charge < -0.3 is 8.39 Å². The van der Waals surface area contributed by atoms with Gasteiger partial charge in [0.05, 0.1) is 0 Å². The van der Waals surface area contributed by atoms with Gasteiger partial charge >= 0.3 is 8.16 Å². The van der Waals surface area contributed by atoms with Crippen LogP contribution in [0.3, 0.4) is 0 Å². The summed E-state index contributed by atoms with van der Waals surface area (Å²) in [7, 11) is -1.66. The first-order valence-electron chi connectivity index (χ1n) is 14.6. The monoisotopic (exact) mass is 551 g/mol. The Morgan fingerprint density at radius 2 is 1.05 bits per heavy atom. The first-order valence-corrected chi connectivity index (χ1v) is 15.8. The molecule has 5 heteroatoms. The quantitative estimate of drug-likeness (QED) is 0.302. The second-order valence-corrected chi connectivity index (χ2v) is 16.9. The fourth-order valence-electron chi connectivity index (χ4n) is 5.25. The number of rotatable bonds is 1. The topological polar surface area (TPSA) is 46.6 Å². The van der Waals surface area contributed by atoms with Gasteiger partial charge in [-0.3, -0.25) is 4.79 Å². The van der Waals surface area contributed by atoms with E-state index in [1.165, 1.54) is 11.1 Å². The molecule has 1 aromatic heterocycles. The molecule has 0 unspecified atom stereocenters. The first kappa shape index (κ1) is 29.8. The maximum absolute atomic E-state index is 13.4. The van der Waals surface area contributed by atoms with Crippen molar-refractivity contribution >= 4 is 36.0 Å². The van der Waals surface area contributed by atoms with Crippen LogP contribution in [0.4, 0.5) is 0 Å². The fourth-order valence-corrected chi connectivity index (χ4v) is 6.78. The molecule has 0 N–H and O–H groups in total. The van der Waals surface area contributed by atoms with Crippen molar-refractivity contribution in [2.75, 3.05) is 11.2 Å². The number of carbonyl (C=O) groups excluding carboxylic acids is 1. The Morgan fingerprint density at radius 1 is 0.615 bits per heavy atom. The van der Waals surface area contributed by atoms with E-state index in [0.717, 1.165) is 52.3 Å². The summed E-state index contributed by atoms with van der Waals surface area (Å²) >= 11 is 0. The summed E-state index contributed by atoms with van der Waals surface area (Å²) in [6.07, 6.45) is 3.51. The van der Waals surface area contributed by atoms with Crippen LogP contribution < -0.4 is 4.67 Å². The smallest absolute Gasteiger partial charge is 0.343 e. The maximum Gasteiger partial charge on any atom is 0.343 e. The van der Waals surface area contributed by atoms with Gasteiger partial charge in [0.15, 0.2) is 0 Å². The van der Waals surface area contributed by atoms with E-state index in [1.807, 2.05) is 4.67 Å². The Balaban J connectivity index is 2.33. The molecular formula is C34H50NO3P. The van der Waals surface area contributed by atoms with Gasteiger partial charge in [-0.1, -0.05) is 102 Å². The lowest BCUT2D eigenvalue weighted by Gasteiger charge is -2.27. The number of carbonyl (C=O) groups is 1. The molecule has 1 amide bonds. The van der Waals surface area contributed by atoms with Crippen LogP contribution in [0.2, 0.25) is 0 Å². The largest absolute Gasteiger partial charge is 0.403 e. The minimum absolute atomic E-state index is 0.0393. The molecule has 2 heterocycles. The highest BCUT2D eigenvalue weighted by atomic mass is 31.1. The number of amides is 1. The highest BCUT2D eigenvalue weighted by molar-refractivity contribution is 7.40. The molecule has 1 fully saturated rings. The van der Waals surface area contributed by atoms with Gasteiger partial charge in [-0.2, -0.15) is 0 Å². The summed E-state index contributed by atoms with van der Waals surface area (Å²) in [6, 6.07) is 9.27. The van der Waals surface area contributed by atoms with Crippen molar-refractivity contribution in [3.63, 3.8) is 0 Å². The number of hydrogen-bond acceptors (Lipinski definition) is 3. The number of benzene rings is 2. The molecule has 1 aliphatic heterocycles. The van der Waals surface area contributed by atoms with E-state index in [0.29, 0.717) is 13.0 Å². The Kier molecular flexibility index (Phi) is 7.65. The van der Waals surface area contributed by atoms with Crippen molar-refractivity contribution in [1.82, 2.24) is 0 Å². The van der Waals surface area contributed by atoms with E-state index in [-0.39, 0.29) is 27.6 Å². The van der Waals surface area contributed by atoms with Gasteiger partial charge in [-0.15, -0.1) is 0 Å². The number of hydrogen-bond donors (Lipinski definition) is 0. The Morgan fingerprint density at radius 3 is 1.44 bits per heavy atom. The first-order chi connectivity index (χ1) is 17.8. The summed E-state index contributed by atoms with van der Waals surface area (Å²) in [4.78, 5) is 13.4. The minimum atomic E-state index is -1.66. The molecule has 4 nitrogen and oxygen atoms in total. The molecule has 3 aromatic rings. The summed E-state index contributed by atoms with van der Waals surface area (Å²) in [5.41, 5.74) is 6.20. The summed E-state index contributed by atoms with van der Waals surface area (Å²) in [6.45, 7) is 27.8. The van der Waals surface area contributed by atoms with Crippen molar-refractivity contribution in [2.45, 2.75) is 130 Å². The molecular weight excluding hydrogens is 501 g/mol. The molecule has 1 aliphatic rings. The van der Waals surface area contributed by atoms with Crippen molar-refractivity contribution in [3.05, 3.63) is 46.5 Å². The normalized spacial score (nSPS) is 16.2. The number of fused-ring (bicyclic) bond motifs is 3. The highest BCUT2D eigenvalue weighted by Gasteiger charge is 2.30.